The van der Waals surface area contributed by atoms with Crippen molar-refractivity contribution in [2.75, 3.05) is 30.7 Å². The number of fused-ring (bicyclic) bond motifs is 1. The molecule has 8 heteroatoms. The van der Waals surface area contributed by atoms with Crippen LogP contribution in [0.2, 0.25) is 0 Å². The second-order valence-electron chi connectivity index (χ2n) is 8.82. The maximum atomic E-state index is 6.21. The molecule has 162 valence electrons. The van der Waals surface area contributed by atoms with Crippen molar-refractivity contribution in [2.24, 2.45) is 5.92 Å². The van der Waals surface area contributed by atoms with Crippen molar-refractivity contribution in [1.29, 1.82) is 0 Å². The number of piperidine rings is 1. The van der Waals surface area contributed by atoms with Crippen LogP contribution in [0.1, 0.15) is 18.4 Å². The monoisotopic (exact) mass is 432 g/mol. The lowest BCUT2D eigenvalue weighted by Crippen LogP contribution is -2.37. The van der Waals surface area contributed by atoms with E-state index < -0.39 is 0 Å². The molecule has 3 N–H and O–H groups in total. The zero-order valence-electron chi connectivity index (χ0n) is 18.6. The summed E-state index contributed by atoms with van der Waals surface area (Å²) in [6.07, 6.45) is 4.01. The van der Waals surface area contributed by atoms with Crippen LogP contribution in [0.3, 0.4) is 0 Å². The second kappa shape index (κ2) is 9.32. The number of benzene rings is 2. The Morgan fingerprint density at radius 1 is 1.09 bits per heavy atom. The molecule has 1 aliphatic rings. The normalized spacial score (nSPS) is 16.8. The van der Waals surface area contributed by atoms with Gasteiger partial charge in [0.25, 0.3) is 0 Å². The van der Waals surface area contributed by atoms with E-state index in [0.29, 0.717) is 22.7 Å². The van der Waals surface area contributed by atoms with Gasteiger partial charge in [-0.1, -0.05) is 47.9 Å². The molecule has 2 aromatic carbocycles. The van der Waals surface area contributed by atoms with Crippen LogP contribution in [-0.2, 0) is 6.54 Å². The van der Waals surface area contributed by atoms with Crippen LogP contribution in [-0.4, -0.2) is 54.8 Å². The third-order valence-corrected chi connectivity index (χ3v) is 6.27. The van der Waals surface area contributed by atoms with Gasteiger partial charge in [0.05, 0.1) is 5.69 Å². The van der Waals surface area contributed by atoms with Crippen LogP contribution in [0, 0.1) is 5.92 Å². The van der Waals surface area contributed by atoms with Crippen LogP contribution in [0.25, 0.3) is 16.9 Å². The first-order chi connectivity index (χ1) is 16.1. The maximum Gasteiger partial charge on any atom is 0.150 e. The van der Waals surface area contributed by atoms with Gasteiger partial charge in [-0.25, -0.2) is 4.98 Å². The Morgan fingerprint density at radius 3 is 2.82 bits per heavy atom. The molecule has 0 aliphatic carbocycles. The molecule has 5 rings (SSSR count). The molecule has 1 atom stereocenters. The number of nitrogen functional groups attached to an aromatic ring is 1. The minimum Gasteiger partial charge on any atom is -0.398 e. The number of hydrogen-bond acceptors (Lipinski definition) is 5. The molecule has 3 heterocycles. The predicted molar refractivity (Wildman–Crippen MR) is 137 cm³/mol. The van der Waals surface area contributed by atoms with E-state index in [1.807, 2.05) is 42.5 Å². The van der Waals surface area contributed by atoms with Crippen molar-refractivity contribution in [1.82, 2.24) is 19.5 Å². The molecule has 0 spiro atoms. The smallest absolute Gasteiger partial charge is 0.150 e. The van der Waals surface area contributed by atoms with Gasteiger partial charge in [-0.2, -0.15) is 9.61 Å². The van der Waals surface area contributed by atoms with Gasteiger partial charge < -0.3 is 11.1 Å². The van der Waals surface area contributed by atoms with Crippen molar-refractivity contribution in [3.8, 4) is 11.3 Å². The summed E-state index contributed by atoms with van der Waals surface area (Å²) in [5.41, 5.74) is 11.8. The van der Waals surface area contributed by atoms with E-state index in [1.54, 1.807) is 10.7 Å². The number of hydrogen-bond donors (Lipinski definition) is 2. The van der Waals surface area contributed by atoms with Crippen molar-refractivity contribution >= 4 is 43.8 Å². The molecule has 0 saturated carbocycles. The Labute approximate surface area is 197 Å². The summed E-state index contributed by atoms with van der Waals surface area (Å²) in [5.74, 6) is 1.39. The molecule has 0 bridgehead atoms. The summed E-state index contributed by atoms with van der Waals surface area (Å²) < 4.78 is 1.77. The summed E-state index contributed by atoms with van der Waals surface area (Å²) >= 11 is 0. The average molecular weight is 432 g/mol. The van der Waals surface area contributed by atoms with Gasteiger partial charge in [0.1, 0.15) is 21.5 Å². The lowest BCUT2D eigenvalue weighted by atomic mass is 9.93. The average Bonchev–Trinajstić information content (AvgIpc) is 3.19. The molecule has 2 aromatic heterocycles. The topological polar surface area (TPSA) is 71.5 Å². The summed E-state index contributed by atoms with van der Waals surface area (Å²) in [6, 6.07) is 17.9. The van der Waals surface area contributed by atoms with E-state index in [1.165, 1.54) is 18.4 Å². The van der Waals surface area contributed by atoms with E-state index in [9.17, 15) is 0 Å². The molecule has 1 fully saturated rings. The van der Waals surface area contributed by atoms with Crippen molar-refractivity contribution in [3.05, 3.63) is 66.4 Å². The van der Waals surface area contributed by atoms with Gasteiger partial charge in [-0.3, -0.25) is 4.90 Å². The van der Waals surface area contributed by atoms with E-state index in [4.69, 9.17) is 26.4 Å². The number of rotatable bonds is 6. The highest BCUT2D eigenvalue weighted by molar-refractivity contribution is 6.36. The van der Waals surface area contributed by atoms with Crippen LogP contribution in [0.15, 0.2) is 60.8 Å². The largest absolute Gasteiger partial charge is 0.398 e. The highest BCUT2D eigenvalue weighted by atomic mass is 15.3. The van der Waals surface area contributed by atoms with Crippen LogP contribution in [0.5, 0.6) is 0 Å². The molecule has 4 aromatic rings. The van der Waals surface area contributed by atoms with E-state index in [-0.39, 0.29) is 0 Å². The lowest BCUT2D eigenvalue weighted by Gasteiger charge is -2.33. The number of para-hydroxylation sites is 1. The lowest BCUT2D eigenvalue weighted by molar-refractivity contribution is 0.173. The van der Waals surface area contributed by atoms with Crippen LogP contribution >= 0.6 is 0 Å². The fourth-order valence-corrected chi connectivity index (χ4v) is 4.63. The van der Waals surface area contributed by atoms with Crippen molar-refractivity contribution in [2.45, 2.75) is 19.4 Å². The third-order valence-electron chi connectivity index (χ3n) is 6.27. The molecule has 0 amide bonds. The Bertz CT molecular complexity index is 1270. The van der Waals surface area contributed by atoms with E-state index in [2.05, 4.69) is 27.4 Å². The van der Waals surface area contributed by atoms with Gasteiger partial charge >= 0.3 is 0 Å². The van der Waals surface area contributed by atoms with Crippen LogP contribution < -0.4 is 22.0 Å². The molecule has 6 nitrogen and oxygen atoms in total. The van der Waals surface area contributed by atoms with Gasteiger partial charge in [-0.05, 0) is 42.4 Å². The zero-order chi connectivity index (χ0) is 22.8. The Morgan fingerprint density at radius 2 is 1.97 bits per heavy atom. The summed E-state index contributed by atoms with van der Waals surface area (Å²) in [5, 5.41) is 8.04. The Kier molecular flexibility index (Phi) is 6.09. The highest BCUT2D eigenvalue weighted by Crippen LogP contribution is 2.27. The predicted octanol–water partition coefficient (Wildman–Crippen LogP) is 1.89. The van der Waals surface area contributed by atoms with Crippen molar-refractivity contribution < 1.29 is 0 Å². The maximum absolute atomic E-state index is 6.21. The minimum absolute atomic E-state index is 0.529. The summed E-state index contributed by atoms with van der Waals surface area (Å²) in [6.45, 7) is 3.91. The molecule has 1 saturated heterocycles. The first-order valence-corrected chi connectivity index (χ1v) is 11.4. The van der Waals surface area contributed by atoms with Crippen LogP contribution in [0.4, 0.5) is 11.5 Å². The van der Waals surface area contributed by atoms with Crippen molar-refractivity contribution in [3.63, 3.8) is 0 Å². The zero-order valence-corrected chi connectivity index (χ0v) is 18.6. The molecule has 33 heavy (non-hydrogen) atoms. The highest BCUT2D eigenvalue weighted by Gasteiger charge is 2.21. The Hall–Kier alpha value is -3.25. The summed E-state index contributed by atoms with van der Waals surface area (Å²) in [4.78, 5) is 7.23. The number of nitrogens with one attached hydrogen (secondary N) is 1. The Balaban J connectivity index is 1.33. The molecule has 1 aliphatic heterocycles. The SMILES string of the molecule is [B]c1cccc(CN2CCCC(CNc3cc(-c4ccccc4N)nc4c([B])cnn34)C2)c1. The summed E-state index contributed by atoms with van der Waals surface area (Å²) in [7, 11) is 12.1. The van der Waals surface area contributed by atoms with Gasteiger partial charge in [0.2, 0.25) is 0 Å². The second-order valence-corrected chi connectivity index (χ2v) is 8.82. The number of nitrogens with zero attached hydrogens (tertiary/aromatic N) is 4. The van der Waals surface area contributed by atoms with Gasteiger partial charge in [0.15, 0.2) is 5.65 Å². The number of likely N-dealkylation sites (tertiary alicyclic amines) is 1. The first kappa shape index (κ1) is 21.6. The van der Waals surface area contributed by atoms with E-state index in [0.717, 1.165) is 48.7 Å². The quantitative estimate of drug-likeness (QED) is 0.360. The molecular weight excluding hydrogens is 406 g/mol. The standard InChI is InChI=1S/C25H26B2N6/c26-19-7-3-5-17(11-19)15-32-10-4-6-18(16-32)13-29-24-12-23(20-8-1-2-9-22(20)28)31-25-21(27)14-30-33(24)25/h1-3,5,7-9,11-12,14,18,29H,4,6,10,13,15-16,28H2. The first-order valence-electron chi connectivity index (χ1n) is 11.4. The number of anilines is 2. The van der Waals surface area contributed by atoms with E-state index >= 15 is 0 Å². The number of aromatic nitrogens is 3. The third kappa shape index (κ3) is 4.76. The van der Waals surface area contributed by atoms with Gasteiger partial charge in [0, 0.05) is 43.1 Å². The number of nitrogens with two attached hydrogens (primary N) is 1. The molecule has 1 unspecified atom stereocenters. The van der Waals surface area contributed by atoms with Gasteiger partial charge in [-0.15, -0.1) is 0 Å². The molecule has 4 radical (unpaired) electrons. The fraction of sp³-hybridized carbons (Fsp3) is 0.280. The minimum atomic E-state index is 0.529. The molecular formula is C25H26B2N6. The fourth-order valence-electron chi connectivity index (χ4n) is 4.63.